The predicted octanol–water partition coefficient (Wildman–Crippen LogP) is 0.510. The molecule has 102 valence electrons. The number of hydrogen-bond acceptors (Lipinski definition) is 3. The first-order chi connectivity index (χ1) is 8.48. The van der Waals surface area contributed by atoms with Crippen LogP contribution in [-0.4, -0.2) is 42.0 Å². The molecule has 0 radical (unpaired) electrons. The average molecular weight is 253 g/mol. The topological polar surface area (TPSA) is 63.5 Å². The van der Waals surface area contributed by atoms with Gasteiger partial charge in [0, 0.05) is 33.9 Å². The molecule has 0 spiro atoms. The summed E-state index contributed by atoms with van der Waals surface area (Å²) >= 11 is 0. The Kier molecular flexibility index (Phi) is 5.15. The molecule has 1 aromatic heterocycles. The lowest BCUT2D eigenvalue weighted by Crippen LogP contribution is -2.45. The Labute approximate surface area is 108 Å². The van der Waals surface area contributed by atoms with E-state index in [0.717, 1.165) is 11.7 Å². The molecule has 0 aliphatic heterocycles. The van der Waals surface area contributed by atoms with Crippen LogP contribution in [-0.2, 0) is 18.3 Å². The summed E-state index contributed by atoms with van der Waals surface area (Å²) in [6, 6.07) is 1.97. The zero-order chi connectivity index (χ0) is 13.6. The zero-order valence-electron chi connectivity index (χ0n) is 11.8. The van der Waals surface area contributed by atoms with Gasteiger partial charge in [0.2, 0.25) is 0 Å². The highest BCUT2D eigenvalue weighted by Crippen LogP contribution is 2.04. The summed E-state index contributed by atoms with van der Waals surface area (Å²) in [6.07, 6.45) is 1.78. The fourth-order valence-electron chi connectivity index (χ4n) is 1.34. The SMILES string of the molecule is CN=C(NCc1ccnn1C)NCC(C)(C)OC. The van der Waals surface area contributed by atoms with Crippen LogP contribution in [0.3, 0.4) is 0 Å². The smallest absolute Gasteiger partial charge is 0.191 e. The van der Waals surface area contributed by atoms with Gasteiger partial charge in [0.15, 0.2) is 5.96 Å². The van der Waals surface area contributed by atoms with Crippen molar-refractivity contribution in [2.24, 2.45) is 12.0 Å². The summed E-state index contributed by atoms with van der Waals surface area (Å²) < 4.78 is 7.18. The Bertz CT molecular complexity index is 397. The number of aliphatic imine (C=N–C) groups is 1. The van der Waals surface area contributed by atoms with Crippen LogP contribution in [0.4, 0.5) is 0 Å². The third-order valence-electron chi connectivity index (χ3n) is 2.82. The quantitative estimate of drug-likeness (QED) is 0.593. The molecule has 1 heterocycles. The van der Waals surface area contributed by atoms with Crippen molar-refractivity contribution in [3.63, 3.8) is 0 Å². The monoisotopic (exact) mass is 253 g/mol. The fourth-order valence-corrected chi connectivity index (χ4v) is 1.34. The molecule has 6 heteroatoms. The minimum absolute atomic E-state index is 0.218. The first-order valence-corrected chi connectivity index (χ1v) is 5.95. The fraction of sp³-hybridized carbons (Fsp3) is 0.667. The van der Waals surface area contributed by atoms with Gasteiger partial charge in [-0.2, -0.15) is 5.10 Å². The molecule has 0 aliphatic carbocycles. The molecule has 0 saturated heterocycles. The first-order valence-electron chi connectivity index (χ1n) is 5.95. The Morgan fingerprint density at radius 3 is 2.72 bits per heavy atom. The van der Waals surface area contributed by atoms with E-state index in [2.05, 4.69) is 20.7 Å². The van der Waals surface area contributed by atoms with Crippen LogP contribution in [0.25, 0.3) is 0 Å². The van der Waals surface area contributed by atoms with E-state index in [1.54, 1.807) is 20.4 Å². The molecule has 0 aromatic carbocycles. The molecule has 18 heavy (non-hydrogen) atoms. The molecule has 1 rings (SSSR count). The Balaban J connectivity index is 2.42. The highest BCUT2D eigenvalue weighted by molar-refractivity contribution is 5.79. The van der Waals surface area contributed by atoms with Crippen molar-refractivity contribution in [3.05, 3.63) is 18.0 Å². The zero-order valence-corrected chi connectivity index (χ0v) is 11.8. The molecule has 0 bridgehead atoms. The number of nitrogens with zero attached hydrogens (tertiary/aromatic N) is 3. The first kappa shape index (κ1) is 14.5. The van der Waals surface area contributed by atoms with E-state index in [1.165, 1.54) is 0 Å². The number of guanidine groups is 1. The van der Waals surface area contributed by atoms with E-state index in [-0.39, 0.29) is 5.60 Å². The summed E-state index contributed by atoms with van der Waals surface area (Å²) in [5, 5.41) is 10.6. The van der Waals surface area contributed by atoms with E-state index in [1.807, 2.05) is 31.6 Å². The van der Waals surface area contributed by atoms with E-state index < -0.39 is 0 Å². The third kappa shape index (κ3) is 4.37. The van der Waals surface area contributed by atoms with Crippen LogP contribution < -0.4 is 10.6 Å². The molecular formula is C12H23N5O. The van der Waals surface area contributed by atoms with Crippen molar-refractivity contribution in [2.45, 2.75) is 26.0 Å². The van der Waals surface area contributed by atoms with Gasteiger partial charge in [-0.15, -0.1) is 0 Å². The summed E-state index contributed by atoms with van der Waals surface area (Å²) in [4.78, 5) is 4.16. The summed E-state index contributed by atoms with van der Waals surface area (Å²) in [7, 11) is 5.37. The third-order valence-corrected chi connectivity index (χ3v) is 2.82. The predicted molar refractivity (Wildman–Crippen MR) is 72.5 cm³/mol. The maximum absolute atomic E-state index is 5.34. The van der Waals surface area contributed by atoms with Crippen molar-refractivity contribution in [1.29, 1.82) is 0 Å². The largest absolute Gasteiger partial charge is 0.377 e. The number of nitrogens with one attached hydrogen (secondary N) is 2. The minimum atomic E-state index is -0.218. The van der Waals surface area contributed by atoms with Crippen LogP contribution in [0, 0.1) is 0 Å². The Morgan fingerprint density at radius 1 is 1.50 bits per heavy atom. The number of rotatable bonds is 5. The molecule has 2 N–H and O–H groups in total. The van der Waals surface area contributed by atoms with Gasteiger partial charge < -0.3 is 15.4 Å². The molecule has 0 amide bonds. The van der Waals surface area contributed by atoms with Crippen molar-refractivity contribution in [3.8, 4) is 0 Å². The van der Waals surface area contributed by atoms with Crippen LogP contribution in [0.5, 0.6) is 0 Å². The van der Waals surface area contributed by atoms with Gasteiger partial charge in [0.05, 0.1) is 17.8 Å². The van der Waals surface area contributed by atoms with Crippen LogP contribution in [0.15, 0.2) is 17.3 Å². The van der Waals surface area contributed by atoms with Gasteiger partial charge in [-0.05, 0) is 19.9 Å². The molecule has 0 atom stereocenters. The summed E-state index contributed by atoms with van der Waals surface area (Å²) in [6.45, 7) is 5.42. The van der Waals surface area contributed by atoms with E-state index in [4.69, 9.17) is 4.74 Å². The second kappa shape index (κ2) is 6.39. The molecule has 0 fully saturated rings. The van der Waals surface area contributed by atoms with Gasteiger partial charge in [-0.1, -0.05) is 0 Å². The van der Waals surface area contributed by atoms with Gasteiger partial charge in [0.1, 0.15) is 0 Å². The standard InChI is InChI=1S/C12H23N5O/c1-12(2,18-5)9-15-11(13-3)14-8-10-6-7-16-17(10)4/h6-7H,8-9H2,1-5H3,(H2,13,14,15). The van der Waals surface area contributed by atoms with Gasteiger partial charge >= 0.3 is 0 Å². The molecule has 0 aliphatic rings. The minimum Gasteiger partial charge on any atom is -0.377 e. The Hall–Kier alpha value is -1.56. The Morgan fingerprint density at radius 2 is 2.22 bits per heavy atom. The van der Waals surface area contributed by atoms with Gasteiger partial charge in [0.25, 0.3) is 0 Å². The molecule has 6 nitrogen and oxygen atoms in total. The molecule has 0 unspecified atom stereocenters. The lowest BCUT2D eigenvalue weighted by Gasteiger charge is -2.24. The number of aromatic nitrogens is 2. The van der Waals surface area contributed by atoms with Crippen LogP contribution in [0.2, 0.25) is 0 Å². The second-order valence-electron chi connectivity index (χ2n) is 4.69. The van der Waals surface area contributed by atoms with Gasteiger partial charge in [-0.25, -0.2) is 0 Å². The van der Waals surface area contributed by atoms with Crippen molar-refractivity contribution in [1.82, 2.24) is 20.4 Å². The molecule has 1 aromatic rings. The average Bonchev–Trinajstić information content (AvgIpc) is 2.75. The van der Waals surface area contributed by atoms with Crippen molar-refractivity contribution in [2.75, 3.05) is 20.7 Å². The van der Waals surface area contributed by atoms with Gasteiger partial charge in [-0.3, -0.25) is 9.67 Å². The summed E-state index contributed by atoms with van der Waals surface area (Å²) in [5.74, 6) is 0.751. The maximum Gasteiger partial charge on any atom is 0.191 e. The lowest BCUT2D eigenvalue weighted by molar-refractivity contribution is 0.0268. The number of aryl methyl sites for hydroxylation is 1. The number of ether oxygens (including phenoxy) is 1. The lowest BCUT2D eigenvalue weighted by atomic mass is 10.1. The van der Waals surface area contributed by atoms with Crippen LogP contribution >= 0.6 is 0 Å². The normalized spacial score (nSPS) is 12.6. The second-order valence-corrected chi connectivity index (χ2v) is 4.69. The highest BCUT2D eigenvalue weighted by atomic mass is 16.5. The van der Waals surface area contributed by atoms with Crippen LogP contribution in [0.1, 0.15) is 19.5 Å². The number of methoxy groups -OCH3 is 1. The van der Waals surface area contributed by atoms with E-state index in [9.17, 15) is 0 Å². The highest BCUT2D eigenvalue weighted by Gasteiger charge is 2.16. The van der Waals surface area contributed by atoms with E-state index in [0.29, 0.717) is 13.1 Å². The van der Waals surface area contributed by atoms with E-state index >= 15 is 0 Å². The molecule has 0 saturated carbocycles. The van der Waals surface area contributed by atoms with Crippen molar-refractivity contribution >= 4 is 5.96 Å². The summed E-state index contributed by atoms with van der Waals surface area (Å²) in [5.41, 5.74) is 0.883. The number of hydrogen-bond donors (Lipinski definition) is 2. The maximum atomic E-state index is 5.34. The van der Waals surface area contributed by atoms with Crippen molar-refractivity contribution < 1.29 is 4.74 Å². The molecular weight excluding hydrogens is 230 g/mol.